The molecule has 0 aromatic heterocycles. The number of nitrogens with zero attached hydrogens (tertiary/aromatic N) is 1. The average Bonchev–Trinajstić information content (AvgIpc) is 2.65. The van der Waals surface area contributed by atoms with Crippen molar-refractivity contribution in [2.75, 3.05) is 6.54 Å². The fraction of sp³-hybridized carbons (Fsp3) is 0.611. The van der Waals surface area contributed by atoms with Crippen molar-refractivity contribution in [3.63, 3.8) is 0 Å². The molecule has 110 valence electrons. The molecule has 1 unspecified atom stereocenters. The molecule has 1 saturated heterocycles. The number of carbonyl (C=O) groups is 1. The van der Waals surface area contributed by atoms with Gasteiger partial charge in [-0.05, 0) is 43.9 Å². The maximum Gasteiger partial charge on any atom is 0.131 e. The highest BCUT2D eigenvalue weighted by Crippen LogP contribution is 2.22. The van der Waals surface area contributed by atoms with Crippen LogP contribution in [0, 0.1) is 0 Å². The Morgan fingerprint density at radius 3 is 2.50 bits per heavy atom. The summed E-state index contributed by atoms with van der Waals surface area (Å²) in [6.45, 7) is 6.03. The highest BCUT2D eigenvalue weighted by Gasteiger charge is 2.22. The fourth-order valence-corrected chi connectivity index (χ4v) is 3.12. The van der Waals surface area contributed by atoms with E-state index in [1.807, 2.05) is 0 Å². The lowest BCUT2D eigenvalue weighted by Crippen LogP contribution is -2.35. The van der Waals surface area contributed by atoms with Crippen molar-refractivity contribution in [3.05, 3.63) is 35.4 Å². The first-order valence-corrected chi connectivity index (χ1v) is 8.00. The lowest BCUT2D eigenvalue weighted by atomic mass is 10.0. The maximum atomic E-state index is 11.5. The number of hydrogen-bond acceptors (Lipinski definition) is 2. The van der Waals surface area contributed by atoms with Crippen molar-refractivity contribution < 1.29 is 4.79 Å². The predicted octanol–water partition coefficient (Wildman–Crippen LogP) is 3.97. The molecule has 0 radical (unpaired) electrons. The summed E-state index contributed by atoms with van der Waals surface area (Å²) in [5.74, 6) is 0.322. The summed E-state index contributed by atoms with van der Waals surface area (Å²) in [5, 5.41) is 0. The fourth-order valence-electron chi connectivity index (χ4n) is 3.12. The zero-order valence-electron chi connectivity index (χ0n) is 12.9. The average molecular weight is 273 g/mol. The van der Waals surface area contributed by atoms with E-state index < -0.39 is 0 Å². The van der Waals surface area contributed by atoms with Crippen LogP contribution in [0.5, 0.6) is 0 Å². The van der Waals surface area contributed by atoms with Crippen LogP contribution >= 0.6 is 0 Å². The number of benzene rings is 1. The first kappa shape index (κ1) is 15.2. The third-order valence-corrected chi connectivity index (χ3v) is 4.34. The van der Waals surface area contributed by atoms with E-state index in [2.05, 4.69) is 36.1 Å². The van der Waals surface area contributed by atoms with Crippen LogP contribution < -0.4 is 0 Å². The minimum atomic E-state index is 0.322. The smallest absolute Gasteiger partial charge is 0.131 e. The van der Waals surface area contributed by atoms with Gasteiger partial charge < -0.3 is 0 Å². The number of aryl methyl sites for hydroxylation is 1. The number of likely N-dealkylation sites (tertiary alicyclic amines) is 1. The molecule has 1 heterocycles. The third kappa shape index (κ3) is 4.45. The van der Waals surface area contributed by atoms with Gasteiger partial charge in [0.15, 0.2) is 0 Å². The molecule has 1 aromatic rings. The van der Waals surface area contributed by atoms with E-state index >= 15 is 0 Å². The molecule has 0 N–H and O–H groups in total. The third-order valence-electron chi connectivity index (χ3n) is 4.34. The molecule has 0 amide bonds. The minimum absolute atomic E-state index is 0.322. The number of carbonyl (C=O) groups excluding carboxylic acids is 1. The molecule has 2 nitrogen and oxygen atoms in total. The zero-order valence-corrected chi connectivity index (χ0v) is 12.9. The van der Waals surface area contributed by atoms with E-state index in [-0.39, 0.29) is 0 Å². The van der Waals surface area contributed by atoms with Gasteiger partial charge in [0.05, 0.1) is 0 Å². The Morgan fingerprint density at radius 2 is 1.85 bits per heavy atom. The monoisotopic (exact) mass is 273 g/mol. The van der Waals surface area contributed by atoms with Gasteiger partial charge in [-0.1, -0.05) is 44.0 Å². The molecular formula is C18H27NO. The summed E-state index contributed by atoms with van der Waals surface area (Å²) in [5.41, 5.74) is 2.77. The van der Waals surface area contributed by atoms with Crippen LogP contribution in [-0.2, 0) is 17.8 Å². The Morgan fingerprint density at radius 1 is 1.15 bits per heavy atom. The van der Waals surface area contributed by atoms with Crippen molar-refractivity contribution in [1.29, 1.82) is 0 Å². The summed E-state index contributed by atoms with van der Waals surface area (Å²) in [7, 11) is 0. The Labute approximate surface area is 123 Å². The van der Waals surface area contributed by atoms with Gasteiger partial charge >= 0.3 is 0 Å². The van der Waals surface area contributed by atoms with Gasteiger partial charge in [0.1, 0.15) is 5.78 Å². The van der Waals surface area contributed by atoms with Gasteiger partial charge in [-0.25, -0.2) is 0 Å². The molecule has 0 saturated carbocycles. The number of hydrogen-bond donors (Lipinski definition) is 0. The Balaban J connectivity index is 2.03. The predicted molar refractivity (Wildman–Crippen MR) is 83.8 cm³/mol. The molecular weight excluding hydrogens is 246 g/mol. The Bertz CT molecular complexity index is 424. The SMILES string of the molecule is CCc1ccc(CN2CCCCCC2CC(C)=O)cc1. The second-order valence-electron chi connectivity index (χ2n) is 6.05. The molecule has 2 heteroatoms. The van der Waals surface area contributed by atoms with Crippen molar-refractivity contribution in [2.24, 2.45) is 0 Å². The van der Waals surface area contributed by atoms with Crippen LogP contribution in [0.4, 0.5) is 0 Å². The number of rotatable bonds is 5. The van der Waals surface area contributed by atoms with Crippen molar-refractivity contribution in [3.8, 4) is 0 Å². The lowest BCUT2D eigenvalue weighted by Gasteiger charge is -2.29. The molecule has 1 aromatic carbocycles. The Kier molecular flexibility index (Phi) is 5.78. The molecule has 0 aliphatic carbocycles. The van der Waals surface area contributed by atoms with E-state index in [1.165, 1.54) is 36.8 Å². The molecule has 0 spiro atoms. The molecule has 20 heavy (non-hydrogen) atoms. The summed E-state index contributed by atoms with van der Waals surface area (Å²) in [6.07, 6.45) is 6.82. The number of Topliss-reactive ketones (excluding diaryl/α,β-unsaturated/α-hetero) is 1. The van der Waals surface area contributed by atoms with Gasteiger partial charge in [0.25, 0.3) is 0 Å². The molecule has 0 bridgehead atoms. The Hall–Kier alpha value is -1.15. The van der Waals surface area contributed by atoms with E-state index in [1.54, 1.807) is 6.92 Å². The second kappa shape index (κ2) is 7.58. The topological polar surface area (TPSA) is 20.3 Å². The van der Waals surface area contributed by atoms with Gasteiger partial charge in [-0.15, -0.1) is 0 Å². The van der Waals surface area contributed by atoms with Crippen LogP contribution in [0.25, 0.3) is 0 Å². The maximum absolute atomic E-state index is 11.5. The first-order chi connectivity index (χ1) is 9.69. The summed E-state index contributed by atoms with van der Waals surface area (Å²) >= 11 is 0. The molecule has 1 aliphatic heterocycles. The lowest BCUT2D eigenvalue weighted by molar-refractivity contribution is -0.118. The van der Waals surface area contributed by atoms with Gasteiger partial charge in [-0.3, -0.25) is 9.69 Å². The van der Waals surface area contributed by atoms with Crippen LogP contribution in [0.1, 0.15) is 57.1 Å². The van der Waals surface area contributed by atoms with E-state index in [0.29, 0.717) is 18.2 Å². The summed E-state index contributed by atoms with van der Waals surface area (Å²) in [4.78, 5) is 14.0. The zero-order chi connectivity index (χ0) is 14.4. The summed E-state index contributed by atoms with van der Waals surface area (Å²) in [6, 6.07) is 9.39. The van der Waals surface area contributed by atoms with E-state index in [9.17, 15) is 4.79 Å². The second-order valence-corrected chi connectivity index (χ2v) is 6.05. The number of ketones is 1. The van der Waals surface area contributed by atoms with E-state index in [4.69, 9.17) is 0 Å². The standard InChI is InChI=1S/C18H27NO/c1-3-16-8-10-17(11-9-16)14-19-12-6-4-5-7-18(19)13-15(2)20/h8-11,18H,3-7,12-14H2,1-2H3. The molecule has 1 aliphatic rings. The van der Waals surface area contributed by atoms with Crippen LogP contribution in [-0.4, -0.2) is 23.3 Å². The van der Waals surface area contributed by atoms with E-state index in [0.717, 1.165) is 19.5 Å². The quantitative estimate of drug-likeness (QED) is 0.809. The van der Waals surface area contributed by atoms with Gasteiger partial charge in [-0.2, -0.15) is 0 Å². The molecule has 2 rings (SSSR count). The van der Waals surface area contributed by atoms with Crippen LogP contribution in [0.15, 0.2) is 24.3 Å². The van der Waals surface area contributed by atoms with Crippen molar-refractivity contribution in [1.82, 2.24) is 4.90 Å². The van der Waals surface area contributed by atoms with Gasteiger partial charge in [0, 0.05) is 19.0 Å². The van der Waals surface area contributed by atoms with Crippen molar-refractivity contribution >= 4 is 5.78 Å². The minimum Gasteiger partial charge on any atom is -0.300 e. The molecule has 1 fully saturated rings. The first-order valence-electron chi connectivity index (χ1n) is 8.00. The van der Waals surface area contributed by atoms with Crippen LogP contribution in [0.3, 0.4) is 0 Å². The largest absolute Gasteiger partial charge is 0.300 e. The highest BCUT2D eigenvalue weighted by atomic mass is 16.1. The van der Waals surface area contributed by atoms with Crippen LogP contribution in [0.2, 0.25) is 0 Å². The summed E-state index contributed by atoms with van der Waals surface area (Å²) < 4.78 is 0. The highest BCUT2D eigenvalue weighted by molar-refractivity contribution is 5.76. The normalized spacial score (nSPS) is 20.6. The van der Waals surface area contributed by atoms with Crippen molar-refractivity contribution in [2.45, 2.75) is 65.0 Å². The van der Waals surface area contributed by atoms with Gasteiger partial charge in [0.2, 0.25) is 0 Å². The molecule has 1 atom stereocenters.